The molecule has 0 unspecified atom stereocenters. The van der Waals surface area contributed by atoms with Crippen LogP contribution >= 0.6 is 0 Å². The van der Waals surface area contributed by atoms with Gasteiger partial charge in [-0.2, -0.15) is 5.10 Å². The van der Waals surface area contributed by atoms with Gasteiger partial charge < -0.3 is 15.8 Å². The predicted octanol–water partition coefficient (Wildman–Crippen LogP) is 0.279. The third-order valence-corrected chi connectivity index (χ3v) is 2.39. The van der Waals surface area contributed by atoms with Crippen LogP contribution in [0.25, 0.3) is 0 Å². The summed E-state index contributed by atoms with van der Waals surface area (Å²) < 4.78 is 1.73. The largest absolute Gasteiger partial charge is 0.409 e. The molecular formula is C9H17N5O. The monoisotopic (exact) mass is 211 g/mol. The summed E-state index contributed by atoms with van der Waals surface area (Å²) in [7, 11) is 3.77. The molecule has 0 radical (unpaired) electrons. The van der Waals surface area contributed by atoms with Gasteiger partial charge in [0.2, 0.25) is 0 Å². The number of aromatic nitrogens is 2. The van der Waals surface area contributed by atoms with Crippen molar-refractivity contribution in [2.45, 2.75) is 13.8 Å². The average molecular weight is 211 g/mol. The normalized spacial score (nSPS) is 11.9. The van der Waals surface area contributed by atoms with Gasteiger partial charge >= 0.3 is 0 Å². The van der Waals surface area contributed by atoms with E-state index in [2.05, 4.69) is 10.3 Å². The zero-order chi connectivity index (χ0) is 11.6. The highest BCUT2D eigenvalue weighted by Crippen LogP contribution is 2.21. The zero-order valence-electron chi connectivity index (χ0n) is 9.52. The first kappa shape index (κ1) is 11.4. The molecule has 0 aliphatic heterocycles. The second-order valence-electron chi connectivity index (χ2n) is 3.41. The van der Waals surface area contributed by atoms with Gasteiger partial charge in [-0.3, -0.25) is 4.68 Å². The fourth-order valence-electron chi connectivity index (χ4n) is 1.58. The summed E-state index contributed by atoms with van der Waals surface area (Å²) in [5, 5.41) is 16.0. The minimum atomic E-state index is 0.0934. The Morgan fingerprint density at radius 1 is 1.67 bits per heavy atom. The van der Waals surface area contributed by atoms with Gasteiger partial charge in [0.05, 0.1) is 11.3 Å². The lowest BCUT2D eigenvalue weighted by Gasteiger charge is -2.18. The predicted molar refractivity (Wildman–Crippen MR) is 59.4 cm³/mol. The number of amidine groups is 1. The van der Waals surface area contributed by atoms with Crippen molar-refractivity contribution < 1.29 is 5.21 Å². The summed E-state index contributed by atoms with van der Waals surface area (Å²) >= 11 is 0. The third kappa shape index (κ3) is 1.88. The van der Waals surface area contributed by atoms with E-state index in [0.717, 1.165) is 18.1 Å². The molecule has 6 nitrogen and oxygen atoms in total. The Labute approximate surface area is 89.0 Å². The molecule has 1 rings (SSSR count). The van der Waals surface area contributed by atoms with E-state index in [-0.39, 0.29) is 5.84 Å². The van der Waals surface area contributed by atoms with E-state index in [1.165, 1.54) is 0 Å². The fourth-order valence-corrected chi connectivity index (χ4v) is 1.58. The molecule has 0 saturated carbocycles. The highest BCUT2D eigenvalue weighted by Gasteiger charge is 2.19. The molecule has 0 aromatic carbocycles. The lowest BCUT2D eigenvalue weighted by atomic mass is 10.2. The van der Waals surface area contributed by atoms with Gasteiger partial charge in [-0.15, -0.1) is 0 Å². The Balaban J connectivity index is 3.36. The summed E-state index contributed by atoms with van der Waals surface area (Å²) in [5.41, 5.74) is 7.06. The van der Waals surface area contributed by atoms with Crippen molar-refractivity contribution in [1.82, 2.24) is 9.78 Å². The third-order valence-electron chi connectivity index (χ3n) is 2.39. The van der Waals surface area contributed by atoms with Crippen LogP contribution in [0.2, 0.25) is 0 Å². The van der Waals surface area contributed by atoms with E-state index in [0.29, 0.717) is 5.56 Å². The standard InChI is InChI=1S/C9H17N5O/c1-5-13(3)9-7(8(10)12-15)6(2)11-14(9)4/h15H,5H2,1-4H3,(H2,10,12). The number of oxime groups is 1. The Kier molecular flexibility index (Phi) is 3.18. The van der Waals surface area contributed by atoms with Crippen LogP contribution in [-0.4, -0.2) is 34.4 Å². The molecule has 1 aromatic rings. The second-order valence-corrected chi connectivity index (χ2v) is 3.41. The molecule has 1 heterocycles. The van der Waals surface area contributed by atoms with Crippen molar-refractivity contribution in [3.8, 4) is 0 Å². The van der Waals surface area contributed by atoms with Gasteiger partial charge in [-0.1, -0.05) is 5.16 Å². The maximum atomic E-state index is 8.71. The number of nitrogens with zero attached hydrogens (tertiary/aromatic N) is 4. The molecule has 6 heteroatoms. The van der Waals surface area contributed by atoms with E-state index in [9.17, 15) is 0 Å². The van der Waals surface area contributed by atoms with E-state index >= 15 is 0 Å². The van der Waals surface area contributed by atoms with E-state index in [4.69, 9.17) is 10.9 Å². The van der Waals surface area contributed by atoms with Gasteiger partial charge in [-0.25, -0.2) is 0 Å². The SMILES string of the molecule is CCN(C)c1c(C(N)=NO)c(C)nn1C. The molecule has 15 heavy (non-hydrogen) atoms. The number of nitrogens with two attached hydrogens (primary N) is 1. The summed E-state index contributed by atoms with van der Waals surface area (Å²) in [6.07, 6.45) is 0. The number of aryl methyl sites for hydroxylation is 2. The first-order valence-electron chi connectivity index (χ1n) is 4.75. The fraction of sp³-hybridized carbons (Fsp3) is 0.556. The van der Waals surface area contributed by atoms with Crippen LogP contribution in [0.15, 0.2) is 5.16 Å². The average Bonchev–Trinajstić information content (AvgIpc) is 2.51. The van der Waals surface area contributed by atoms with E-state index < -0.39 is 0 Å². The minimum Gasteiger partial charge on any atom is -0.409 e. The first-order chi connectivity index (χ1) is 7.02. The summed E-state index contributed by atoms with van der Waals surface area (Å²) in [6, 6.07) is 0. The number of rotatable bonds is 3. The van der Waals surface area contributed by atoms with Gasteiger partial charge in [0, 0.05) is 20.6 Å². The van der Waals surface area contributed by atoms with Crippen LogP contribution in [0.4, 0.5) is 5.82 Å². The molecule has 0 bridgehead atoms. The molecule has 0 aliphatic rings. The molecule has 0 fully saturated rings. The van der Waals surface area contributed by atoms with Crippen LogP contribution < -0.4 is 10.6 Å². The topological polar surface area (TPSA) is 79.7 Å². The van der Waals surface area contributed by atoms with Gasteiger partial charge in [0.1, 0.15) is 5.82 Å². The van der Waals surface area contributed by atoms with Crippen molar-refractivity contribution in [1.29, 1.82) is 0 Å². The molecule has 0 aliphatic carbocycles. The van der Waals surface area contributed by atoms with Gasteiger partial charge in [0.15, 0.2) is 5.84 Å². The van der Waals surface area contributed by atoms with Gasteiger partial charge in [-0.05, 0) is 13.8 Å². The highest BCUT2D eigenvalue weighted by atomic mass is 16.4. The summed E-state index contributed by atoms with van der Waals surface area (Å²) in [6.45, 7) is 4.68. The Hall–Kier alpha value is -1.72. The highest BCUT2D eigenvalue weighted by molar-refractivity contribution is 6.02. The molecule has 0 saturated heterocycles. The lowest BCUT2D eigenvalue weighted by Crippen LogP contribution is -2.24. The Bertz CT molecular complexity index is 382. The quantitative estimate of drug-likeness (QED) is 0.326. The Morgan fingerprint density at radius 3 is 2.73 bits per heavy atom. The van der Waals surface area contributed by atoms with E-state index in [1.54, 1.807) is 4.68 Å². The molecule has 1 aromatic heterocycles. The zero-order valence-corrected chi connectivity index (χ0v) is 9.52. The van der Waals surface area contributed by atoms with Crippen LogP contribution in [-0.2, 0) is 7.05 Å². The molecule has 0 atom stereocenters. The maximum absolute atomic E-state index is 8.71. The molecule has 3 N–H and O–H groups in total. The van der Waals surface area contributed by atoms with Gasteiger partial charge in [0.25, 0.3) is 0 Å². The van der Waals surface area contributed by atoms with Crippen molar-refractivity contribution in [2.24, 2.45) is 17.9 Å². The number of anilines is 1. The number of hydrogen-bond donors (Lipinski definition) is 2. The van der Waals surface area contributed by atoms with Crippen LogP contribution in [0.5, 0.6) is 0 Å². The Morgan fingerprint density at radius 2 is 2.27 bits per heavy atom. The second kappa shape index (κ2) is 4.20. The first-order valence-corrected chi connectivity index (χ1v) is 4.75. The summed E-state index contributed by atoms with van der Waals surface area (Å²) in [4.78, 5) is 1.99. The molecule has 0 amide bonds. The summed E-state index contributed by atoms with van der Waals surface area (Å²) in [5.74, 6) is 0.946. The lowest BCUT2D eigenvalue weighted by molar-refractivity contribution is 0.318. The van der Waals surface area contributed by atoms with Crippen LogP contribution in [0.3, 0.4) is 0 Å². The number of hydrogen-bond acceptors (Lipinski definition) is 4. The maximum Gasteiger partial charge on any atom is 0.175 e. The van der Waals surface area contributed by atoms with Crippen LogP contribution in [0, 0.1) is 6.92 Å². The van der Waals surface area contributed by atoms with Crippen molar-refractivity contribution in [2.75, 3.05) is 18.5 Å². The smallest absolute Gasteiger partial charge is 0.175 e. The van der Waals surface area contributed by atoms with Crippen molar-refractivity contribution >= 4 is 11.7 Å². The van der Waals surface area contributed by atoms with Crippen LogP contribution in [0.1, 0.15) is 18.2 Å². The van der Waals surface area contributed by atoms with E-state index in [1.807, 2.05) is 32.8 Å². The van der Waals surface area contributed by atoms with Crippen molar-refractivity contribution in [3.05, 3.63) is 11.3 Å². The molecular weight excluding hydrogens is 194 g/mol. The minimum absolute atomic E-state index is 0.0934. The van der Waals surface area contributed by atoms with Crippen molar-refractivity contribution in [3.63, 3.8) is 0 Å². The molecule has 84 valence electrons. The molecule has 0 spiro atoms.